The van der Waals surface area contributed by atoms with Crippen LogP contribution in [0.3, 0.4) is 0 Å². The van der Waals surface area contributed by atoms with Crippen molar-refractivity contribution >= 4 is 40.3 Å². The van der Waals surface area contributed by atoms with Crippen LogP contribution in [0.2, 0.25) is 13.1 Å². The predicted molar refractivity (Wildman–Crippen MR) is 195 cm³/mol. The molecular weight excluding hydrogens is 575 g/mol. The van der Waals surface area contributed by atoms with E-state index in [1.165, 1.54) is 48.9 Å². The molecule has 0 saturated heterocycles. The van der Waals surface area contributed by atoms with Crippen molar-refractivity contribution in [2.24, 2.45) is 0 Å². The predicted octanol–water partition coefficient (Wildman–Crippen LogP) is 9.38. The Labute approximate surface area is 269 Å². The average molecular weight is 606 g/mol. The monoisotopic (exact) mass is 605 g/mol. The van der Waals surface area contributed by atoms with Crippen LogP contribution in [0.1, 0.15) is 0 Å². The zero-order valence-electron chi connectivity index (χ0n) is 25.8. The van der Waals surface area contributed by atoms with E-state index >= 15 is 0 Å². The summed E-state index contributed by atoms with van der Waals surface area (Å²) in [4.78, 5) is 10.8. The first kappa shape index (κ1) is 26.8. The van der Waals surface area contributed by atoms with Gasteiger partial charge in [0.15, 0.2) is 5.82 Å². The van der Waals surface area contributed by atoms with Gasteiger partial charge in [-0.2, -0.15) is 0 Å². The van der Waals surface area contributed by atoms with E-state index < -0.39 is 8.07 Å². The van der Waals surface area contributed by atoms with Crippen molar-refractivity contribution in [2.75, 3.05) is 0 Å². The van der Waals surface area contributed by atoms with E-state index in [0.29, 0.717) is 0 Å². The van der Waals surface area contributed by atoms with Crippen molar-refractivity contribution in [1.29, 1.82) is 0 Å². The van der Waals surface area contributed by atoms with Crippen LogP contribution in [0.5, 0.6) is 0 Å². The van der Waals surface area contributed by atoms with E-state index in [1.807, 2.05) is 0 Å². The summed E-state index contributed by atoms with van der Waals surface area (Å²) in [5, 5.41) is 5.22. The summed E-state index contributed by atoms with van der Waals surface area (Å²) in [7, 11) is -2.08. The lowest BCUT2D eigenvalue weighted by molar-refractivity contribution is 1.18. The fourth-order valence-corrected chi connectivity index (χ4v) is 10.6. The summed E-state index contributed by atoms with van der Waals surface area (Å²) < 4.78 is 2.37. The Morgan fingerprint density at radius 2 is 1.07 bits per heavy atom. The number of fused-ring (bicyclic) bond motifs is 6. The minimum atomic E-state index is -2.08. The molecule has 6 aromatic carbocycles. The van der Waals surface area contributed by atoms with Crippen molar-refractivity contribution in [2.45, 2.75) is 13.1 Å². The number of nitrogens with zero attached hydrogens (tertiary/aromatic N) is 3. The minimum Gasteiger partial charge on any atom is -0.309 e. The molecule has 3 heterocycles. The Morgan fingerprint density at radius 1 is 0.478 bits per heavy atom. The third-order valence-corrected chi connectivity index (χ3v) is 13.1. The molecule has 0 bridgehead atoms. The van der Waals surface area contributed by atoms with Crippen LogP contribution < -0.4 is 10.4 Å². The Morgan fingerprint density at radius 3 is 1.87 bits per heavy atom. The summed E-state index contributed by atoms with van der Waals surface area (Å²) in [5.41, 5.74) is 11.5. The topological polar surface area (TPSA) is 30.7 Å². The number of hydrogen-bond donors (Lipinski definition) is 0. The maximum Gasteiger partial charge on any atom is 0.160 e. The van der Waals surface area contributed by atoms with Crippen molar-refractivity contribution in [1.82, 2.24) is 14.5 Å². The lowest BCUT2D eigenvalue weighted by Crippen LogP contribution is -2.50. The van der Waals surface area contributed by atoms with Gasteiger partial charge in [-0.1, -0.05) is 134 Å². The van der Waals surface area contributed by atoms with Crippen molar-refractivity contribution in [3.63, 3.8) is 0 Å². The van der Waals surface area contributed by atoms with Crippen molar-refractivity contribution in [3.8, 4) is 50.7 Å². The highest BCUT2D eigenvalue weighted by Crippen LogP contribution is 2.37. The van der Waals surface area contributed by atoms with E-state index in [-0.39, 0.29) is 0 Å². The molecule has 0 N–H and O–H groups in total. The molecule has 9 rings (SSSR count). The molecule has 4 heteroatoms. The molecule has 1 aliphatic rings. The molecule has 0 fully saturated rings. The van der Waals surface area contributed by atoms with Crippen LogP contribution in [0.25, 0.3) is 72.5 Å². The highest BCUT2D eigenvalue weighted by Gasteiger charge is 2.41. The van der Waals surface area contributed by atoms with Crippen LogP contribution in [0.4, 0.5) is 0 Å². The molecule has 3 nitrogen and oxygen atoms in total. The van der Waals surface area contributed by atoms with Crippen LogP contribution in [0, 0.1) is 0 Å². The standard InChI is InChI=1S/C42H31N3Si/c1-46(2)38-20-12-10-18-34(38)40-41(46)39(43-42(44-40)30-23-21-29(22-24-30)28-13-5-3-6-14-28)31-25-26-37-35(27-31)33-17-9-11-19-36(33)45(37)32-15-7-4-8-16-32/h3-27H,1-2H3. The van der Waals surface area contributed by atoms with Gasteiger partial charge >= 0.3 is 0 Å². The summed E-state index contributed by atoms with van der Waals surface area (Å²) in [6.45, 7) is 4.89. The maximum atomic E-state index is 5.43. The summed E-state index contributed by atoms with van der Waals surface area (Å²) in [6.07, 6.45) is 0. The van der Waals surface area contributed by atoms with Gasteiger partial charge in [-0.25, -0.2) is 9.97 Å². The first-order valence-electron chi connectivity index (χ1n) is 15.9. The number of hydrogen-bond acceptors (Lipinski definition) is 2. The SMILES string of the molecule is C[Si]1(C)c2ccccc2-c2nc(-c3ccc(-c4ccccc4)cc3)nc(-c3ccc4c(c3)c3ccccc3n4-c3ccccc3)c21. The number of benzene rings is 6. The Balaban J connectivity index is 1.28. The smallest absolute Gasteiger partial charge is 0.160 e. The van der Waals surface area contributed by atoms with Crippen molar-refractivity contribution < 1.29 is 0 Å². The van der Waals surface area contributed by atoms with Gasteiger partial charge in [0.2, 0.25) is 0 Å². The average Bonchev–Trinajstić information content (AvgIpc) is 3.57. The van der Waals surface area contributed by atoms with Gasteiger partial charge in [0.05, 0.1) is 22.4 Å². The van der Waals surface area contributed by atoms with Gasteiger partial charge in [-0.05, 0) is 57.4 Å². The summed E-state index contributed by atoms with van der Waals surface area (Å²) >= 11 is 0. The van der Waals surface area contributed by atoms with Crippen LogP contribution >= 0.6 is 0 Å². The normalized spacial score (nSPS) is 13.2. The molecule has 2 aromatic heterocycles. The largest absolute Gasteiger partial charge is 0.309 e. The molecule has 0 saturated carbocycles. The molecule has 0 spiro atoms. The summed E-state index contributed by atoms with van der Waals surface area (Å²) in [5.74, 6) is 0.765. The van der Waals surface area contributed by atoms with Gasteiger partial charge in [0.25, 0.3) is 0 Å². The molecule has 46 heavy (non-hydrogen) atoms. The van der Waals surface area contributed by atoms with E-state index in [2.05, 4.69) is 169 Å². The zero-order valence-corrected chi connectivity index (χ0v) is 26.8. The van der Waals surface area contributed by atoms with Crippen LogP contribution in [-0.2, 0) is 0 Å². The molecule has 0 unspecified atom stereocenters. The molecule has 218 valence electrons. The van der Waals surface area contributed by atoms with Gasteiger partial charge in [0, 0.05) is 27.6 Å². The zero-order chi connectivity index (χ0) is 30.8. The first-order chi connectivity index (χ1) is 22.6. The minimum absolute atomic E-state index is 0.765. The maximum absolute atomic E-state index is 5.43. The lowest BCUT2D eigenvalue weighted by Gasteiger charge is -2.21. The van der Waals surface area contributed by atoms with Gasteiger partial charge in [-0.3, -0.25) is 0 Å². The summed E-state index contributed by atoms with van der Waals surface area (Å²) in [6, 6.07) is 54.3. The fraction of sp³-hybridized carbons (Fsp3) is 0.0476. The van der Waals surface area contributed by atoms with E-state index in [9.17, 15) is 0 Å². The Bertz CT molecular complexity index is 2430. The van der Waals surface area contributed by atoms with Crippen LogP contribution in [0.15, 0.2) is 152 Å². The third kappa shape index (κ3) is 4.04. The molecule has 8 aromatic rings. The second kappa shape index (κ2) is 10.2. The molecular formula is C42H31N3Si. The van der Waals surface area contributed by atoms with E-state index in [0.717, 1.165) is 34.0 Å². The second-order valence-corrected chi connectivity index (χ2v) is 16.9. The Kier molecular flexibility index (Phi) is 5.96. The van der Waals surface area contributed by atoms with Crippen LogP contribution in [-0.4, -0.2) is 22.6 Å². The highest BCUT2D eigenvalue weighted by atomic mass is 28.3. The van der Waals surface area contributed by atoms with Gasteiger partial charge in [0.1, 0.15) is 8.07 Å². The first-order valence-corrected chi connectivity index (χ1v) is 18.9. The van der Waals surface area contributed by atoms with Crippen molar-refractivity contribution in [3.05, 3.63) is 152 Å². The number of aromatic nitrogens is 3. The third-order valence-electron chi connectivity index (χ3n) is 9.60. The molecule has 0 atom stereocenters. The Hall–Kier alpha value is -5.58. The molecule has 0 amide bonds. The lowest BCUT2D eigenvalue weighted by atomic mass is 10.0. The van der Waals surface area contributed by atoms with Gasteiger partial charge in [-0.15, -0.1) is 0 Å². The fourth-order valence-electron chi connectivity index (χ4n) is 7.37. The molecule has 0 radical (unpaired) electrons. The second-order valence-electron chi connectivity index (χ2n) is 12.7. The number of rotatable bonds is 4. The van der Waals surface area contributed by atoms with E-state index in [4.69, 9.17) is 9.97 Å². The van der Waals surface area contributed by atoms with Gasteiger partial charge < -0.3 is 4.57 Å². The molecule has 0 aliphatic carbocycles. The quantitative estimate of drug-likeness (QED) is 0.187. The highest BCUT2D eigenvalue weighted by molar-refractivity contribution is 7.04. The number of para-hydroxylation sites is 2. The molecule has 1 aliphatic heterocycles. The van der Waals surface area contributed by atoms with E-state index in [1.54, 1.807) is 0 Å².